The molecule has 0 saturated heterocycles. The summed E-state index contributed by atoms with van der Waals surface area (Å²) in [5, 5.41) is 3.05. The summed E-state index contributed by atoms with van der Waals surface area (Å²) >= 11 is 0. The van der Waals surface area contributed by atoms with E-state index in [1.807, 2.05) is 19.1 Å². The van der Waals surface area contributed by atoms with Crippen molar-refractivity contribution in [2.45, 2.75) is 59.1 Å². The van der Waals surface area contributed by atoms with Crippen molar-refractivity contribution in [2.75, 3.05) is 0 Å². The quantitative estimate of drug-likeness (QED) is 0.865. The first kappa shape index (κ1) is 17.5. The molecule has 1 fully saturated rings. The van der Waals surface area contributed by atoms with E-state index in [1.54, 1.807) is 19.1 Å². The molecule has 0 unspecified atom stereocenters. The highest BCUT2D eigenvalue weighted by Gasteiger charge is 2.30. The van der Waals surface area contributed by atoms with Gasteiger partial charge in [0, 0.05) is 6.04 Å². The Morgan fingerprint density at radius 2 is 2.00 bits per heavy atom. The summed E-state index contributed by atoms with van der Waals surface area (Å²) in [6, 6.07) is 7.36. The van der Waals surface area contributed by atoms with Crippen molar-refractivity contribution < 1.29 is 14.3 Å². The van der Waals surface area contributed by atoms with Crippen LogP contribution in [0.2, 0.25) is 0 Å². The lowest BCUT2D eigenvalue weighted by Gasteiger charge is -2.35. The smallest absolute Gasteiger partial charge is 0.338 e. The van der Waals surface area contributed by atoms with Crippen LogP contribution in [0.1, 0.15) is 56.0 Å². The molecule has 126 valence electrons. The first-order valence-corrected chi connectivity index (χ1v) is 8.46. The molecule has 4 atom stereocenters. The number of amides is 1. The van der Waals surface area contributed by atoms with E-state index in [1.165, 1.54) is 6.42 Å². The Kier molecular flexibility index (Phi) is 5.80. The molecule has 1 aromatic carbocycles. The maximum Gasteiger partial charge on any atom is 0.338 e. The van der Waals surface area contributed by atoms with Crippen molar-refractivity contribution in [3.63, 3.8) is 0 Å². The van der Waals surface area contributed by atoms with E-state index < -0.39 is 12.1 Å². The van der Waals surface area contributed by atoms with Crippen LogP contribution in [-0.2, 0) is 9.53 Å². The van der Waals surface area contributed by atoms with Gasteiger partial charge in [-0.25, -0.2) is 4.79 Å². The third-order valence-electron chi connectivity index (χ3n) is 4.94. The van der Waals surface area contributed by atoms with Crippen molar-refractivity contribution in [1.82, 2.24) is 5.32 Å². The topological polar surface area (TPSA) is 55.4 Å². The second kappa shape index (κ2) is 7.62. The van der Waals surface area contributed by atoms with Gasteiger partial charge in [-0.15, -0.1) is 0 Å². The normalized spacial score (nSPS) is 25.5. The van der Waals surface area contributed by atoms with E-state index in [-0.39, 0.29) is 11.9 Å². The van der Waals surface area contributed by atoms with E-state index in [2.05, 4.69) is 19.2 Å². The third-order valence-corrected chi connectivity index (χ3v) is 4.94. The average molecular weight is 317 g/mol. The summed E-state index contributed by atoms with van der Waals surface area (Å²) in [5.74, 6) is 0.393. The highest BCUT2D eigenvalue weighted by molar-refractivity contribution is 5.92. The van der Waals surface area contributed by atoms with Crippen molar-refractivity contribution >= 4 is 11.9 Å². The zero-order chi connectivity index (χ0) is 17.0. The first-order valence-electron chi connectivity index (χ1n) is 8.46. The maximum absolute atomic E-state index is 12.3. The van der Waals surface area contributed by atoms with Gasteiger partial charge in [0.25, 0.3) is 5.91 Å². The average Bonchev–Trinajstić information content (AvgIpc) is 2.51. The van der Waals surface area contributed by atoms with E-state index in [0.29, 0.717) is 17.4 Å². The summed E-state index contributed by atoms with van der Waals surface area (Å²) in [6.45, 7) is 7.95. The highest BCUT2D eigenvalue weighted by atomic mass is 16.5. The minimum Gasteiger partial charge on any atom is -0.449 e. The molecule has 0 spiro atoms. The van der Waals surface area contributed by atoms with Gasteiger partial charge in [-0.05, 0) is 44.2 Å². The number of rotatable bonds is 4. The number of hydrogen-bond donors (Lipinski definition) is 1. The van der Waals surface area contributed by atoms with Crippen LogP contribution < -0.4 is 5.32 Å². The van der Waals surface area contributed by atoms with E-state index in [4.69, 9.17) is 4.74 Å². The molecule has 0 radical (unpaired) electrons. The lowest BCUT2D eigenvalue weighted by molar-refractivity contribution is -0.130. The van der Waals surface area contributed by atoms with E-state index in [9.17, 15) is 9.59 Å². The summed E-state index contributed by atoms with van der Waals surface area (Å²) in [5.41, 5.74) is 1.46. The number of ether oxygens (including phenoxy) is 1. The molecule has 2 rings (SSSR count). The van der Waals surface area contributed by atoms with Crippen LogP contribution in [0, 0.1) is 18.8 Å². The lowest BCUT2D eigenvalue weighted by atomic mass is 9.78. The van der Waals surface area contributed by atoms with Gasteiger partial charge >= 0.3 is 5.97 Å². The van der Waals surface area contributed by atoms with Gasteiger partial charge in [0.05, 0.1) is 5.56 Å². The Balaban J connectivity index is 1.91. The molecule has 1 aliphatic rings. The molecule has 4 nitrogen and oxygen atoms in total. The summed E-state index contributed by atoms with van der Waals surface area (Å²) in [4.78, 5) is 24.4. The van der Waals surface area contributed by atoms with Gasteiger partial charge in [-0.1, -0.05) is 44.4 Å². The second-order valence-corrected chi connectivity index (χ2v) is 6.80. The minimum absolute atomic E-state index is 0.173. The van der Waals surface area contributed by atoms with Crippen molar-refractivity contribution in [2.24, 2.45) is 11.8 Å². The number of nitrogens with one attached hydrogen (secondary N) is 1. The SMILES string of the molecule is Cc1cccc(C(=O)O[C@H](C)C(=O)N[C@@H]2CCC[C@H](C)[C@@H]2C)c1. The van der Waals surface area contributed by atoms with Gasteiger partial charge in [-0.2, -0.15) is 0 Å². The van der Waals surface area contributed by atoms with Crippen molar-refractivity contribution in [1.29, 1.82) is 0 Å². The Morgan fingerprint density at radius 1 is 1.26 bits per heavy atom. The molecular weight excluding hydrogens is 290 g/mol. The lowest BCUT2D eigenvalue weighted by Crippen LogP contribution is -2.47. The van der Waals surface area contributed by atoms with Gasteiger partial charge in [-0.3, -0.25) is 4.79 Å². The molecule has 1 aromatic rings. The van der Waals surface area contributed by atoms with Crippen LogP contribution in [0.3, 0.4) is 0 Å². The van der Waals surface area contributed by atoms with E-state index >= 15 is 0 Å². The first-order chi connectivity index (χ1) is 10.9. The fraction of sp³-hybridized carbons (Fsp3) is 0.579. The summed E-state index contributed by atoms with van der Waals surface area (Å²) < 4.78 is 5.31. The summed E-state index contributed by atoms with van der Waals surface area (Å²) in [6.07, 6.45) is 2.56. The van der Waals surface area contributed by atoms with Crippen LogP contribution in [0.15, 0.2) is 24.3 Å². The third kappa shape index (κ3) is 4.57. The van der Waals surface area contributed by atoms with E-state index in [0.717, 1.165) is 18.4 Å². The highest BCUT2D eigenvalue weighted by Crippen LogP contribution is 2.29. The molecule has 1 saturated carbocycles. The Morgan fingerprint density at radius 3 is 2.70 bits per heavy atom. The number of carbonyl (C=O) groups excluding carboxylic acids is 2. The predicted octanol–water partition coefficient (Wildman–Crippen LogP) is 3.48. The van der Waals surface area contributed by atoms with Gasteiger partial charge in [0.2, 0.25) is 0 Å². The van der Waals surface area contributed by atoms with Crippen LogP contribution >= 0.6 is 0 Å². The zero-order valence-corrected chi connectivity index (χ0v) is 14.5. The van der Waals surface area contributed by atoms with Gasteiger partial charge in [0.15, 0.2) is 6.10 Å². The predicted molar refractivity (Wildman–Crippen MR) is 90.2 cm³/mol. The summed E-state index contributed by atoms with van der Waals surface area (Å²) in [7, 11) is 0. The fourth-order valence-corrected chi connectivity index (χ4v) is 3.14. The molecule has 0 aliphatic heterocycles. The Bertz CT molecular complexity index is 569. The molecule has 23 heavy (non-hydrogen) atoms. The molecule has 1 N–H and O–H groups in total. The monoisotopic (exact) mass is 317 g/mol. The van der Waals surface area contributed by atoms with Crippen LogP contribution in [-0.4, -0.2) is 24.0 Å². The fourth-order valence-electron chi connectivity index (χ4n) is 3.14. The molecule has 0 bridgehead atoms. The minimum atomic E-state index is -0.785. The molecule has 4 heteroatoms. The maximum atomic E-state index is 12.3. The molecule has 0 heterocycles. The number of hydrogen-bond acceptors (Lipinski definition) is 3. The van der Waals surface area contributed by atoms with Crippen LogP contribution in [0.4, 0.5) is 0 Å². The van der Waals surface area contributed by atoms with Crippen LogP contribution in [0.25, 0.3) is 0 Å². The van der Waals surface area contributed by atoms with Crippen molar-refractivity contribution in [3.05, 3.63) is 35.4 Å². The molecule has 0 aromatic heterocycles. The number of benzene rings is 1. The Labute approximate surface area is 138 Å². The van der Waals surface area contributed by atoms with Gasteiger partial charge < -0.3 is 10.1 Å². The number of aryl methyl sites for hydroxylation is 1. The molecular formula is C19H27NO3. The van der Waals surface area contributed by atoms with Gasteiger partial charge in [0.1, 0.15) is 0 Å². The molecule has 1 aliphatic carbocycles. The zero-order valence-electron chi connectivity index (χ0n) is 14.5. The largest absolute Gasteiger partial charge is 0.449 e. The Hall–Kier alpha value is -1.84. The van der Waals surface area contributed by atoms with Crippen molar-refractivity contribution in [3.8, 4) is 0 Å². The standard InChI is InChI=1S/C19H27NO3/c1-12-7-5-9-16(11-12)19(22)23-15(4)18(21)20-17-10-6-8-13(2)14(17)3/h5,7,9,11,13-15,17H,6,8,10H2,1-4H3,(H,20,21)/t13-,14-,15+,17+/m0/s1. The number of esters is 1. The van der Waals surface area contributed by atoms with Crippen LogP contribution in [0.5, 0.6) is 0 Å². The number of carbonyl (C=O) groups is 2. The second-order valence-electron chi connectivity index (χ2n) is 6.80. The molecule has 1 amide bonds.